The number of carbonyl (C=O) groups is 2. The van der Waals surface area contributed by atoms with E-state index in [-0.39, 0.29) is 18.4 Å². The van der Waals surface area contributed by atoms with Crippen LogP contribution in [0.3, 0.4) is 0 Å². The van der Waals surface area contributed by atoms with Gasteiger partial charge in [0.05, 0.1) is 0 Å². The van der Waals surface area contributed by atoms with Crippen molar-refractivity contribution >= 4 is 17.5 Å². The van der Waals surface area contributed by atoms with Crippen LogP contribution in [-0.4, -0.2) is 18.4 Å². The maximum absolute atomic E-state index is 11.9. The Labute approximate surface area is 142 Å². The summed E-state index contributed by atoms with van der Waals surface area (Å²) in [6, 6.07) is 13.2. The second-order valence-electron chi connectivity index (χ2n) is 5.71. The third-order valence-electron chi connectivity index (χ3n) is 3.45. The summed E-state index contributed by atoms with van der Waals surface area (Å²) in [6.45, 7) is 5.82. The standard InChI is InChI=1S/C19H22N2O3/c1-13-4-9-18(14(2)10-13)24-12-19(23)20-11-16-5-7-17(8-6-16)21-15(3)22/h4-10H,11-12H2,1-3H3,(H,20,23)(H,21,22). The van der Waals surface area contributed by atoms with Gasteiger partial charge in [-0.25, -0.2) is 0 Å². The van der Waals surface area contributed by atoms with E-state index in [1.165, 1.54) is 6.92 Å². The molecule has 5 nitrogen and oxygen atoms in total. The number of carbonyl (C=O) groups excluding carboxylic acids is 2. The highest BCUT2D eigenvalue weighted by Gasteiger charge is 2.05. The molecule has 0 unspecified atom stereocenters. The lowest BCUT2D eigenvalue weighted by molar-refractivity contribution is -0.123. The highest BCUT2D eigenvalue weighted by Crippen LogP contribution is 2.18. The molecule has 5 heteroatoms. The van der Waals surface area contributed by atoms with Crippen LogP contribution in [0.4, 0.5) is 5.69 Å². The molecular formula is C19H22N2O3. The number of aryl methyl sites for hydroxylation is 2. The van der Waals surface area contributed by atoms with Crippen molar-refractivity contribution in [3.05, 3.63) is 59.2 Å². The first kappa shape index (κ1) is 17.5. The molecule has 126 valence electrons. The van der Waals surface area contributed by atoms with Gasteiger partial charge in [-0.05, 0) is 43.2 Å². The first-order valence-electron chi connectivity index (χ1n) is 7.77. The summed E-state index contributed by atoms with van der Waals surface area (Å²) in [4.78, 5) is 22.8. The predicted octanol–water partition coefficient (Wildman–Crippen LogP) is 2.96. The van der Waals surface area contributed by atoms with Crippen LogP contribution in [0.15, 0.2) is 42.5 Å². The highest BCUT2D eigenvalue weighted by atomic mass is 16.5. The molecule has 0 heterocycles. The molecule has 0 radical (unpaired) electrons. The molecule has 0 bridgehead atoms. The fourth-order valence-electron chi connectivity index (χ4n) is 2.27. The van der Waals surface area contributed by atoms with Crippen molar-refractivity contribution in [2.45, 2.75) is 27.3 Å². The van der Waals surface area contributed by atoms with E-state index in [2.05, 4.69) is 10.6 Å². The molecule has 2 rings (SSSR count). The minimum Gasteiger partial charge on any atom is -0.484 e. The average molecular weight is 326 g/mol. The summed E-state index contributed by atoms with van der Waals surface area (Å²) in [5, 5.41) is 5.51. The molecule has 24 heavy (non-hydrogen) atoms. The van der Waals surface area contributed by atoms with Crippen LogP contribution in [0.5, 0.6) is 5.75 Å². The van der Waals surface area contributed by atoms with Gasteiger partial charge in [-0.1, -0.05) is 29.8 Å². The number of ether oxygens (including phenoxy) is 1. The Morgan fingerprint density at radius 1 is 1.04 bits per heavy atom. The van der Waals surface area contributed by atoms with Crippen LogP contribution in [-0.2, 0) is 16.1 Å². The number of amides is 2. The van der Waals surface area contributed by atoms with Crippen LogP contribution in [0.1, 0.15) is 23.6 Å². The smallest absolute Gasteiger partial charge is 0.258 e. The Morgan fingerprint density at radius 2 is 1.75 bits per heavy atom. The topological polar surface area (TPSA) is 67.4 Å². The molecule has 0 atom stereocenters. The van der Waals surface area contributed by atoms with Crippen molar-refractivity contribution in [1.82, 2.24) is 5.32 Å². The highest BCUT2D eigenvalue weighted by molar-refractivity contribution is 5.88. The van der Waals surface area contributed by atoms with Crippen LogP contribution in [0, 0.1) is 13.8 Å². The molecule has 0 aliphatic carbocycles. The monoisotopic (exact) mass is 326 g/mol. The minimum atomic E-state index is -0.180. The fourth-order valence-corrected chi connectivity index (χ4v) is 2.27. The number of hydrogen-bond acceptors (Lipinski definition) is 3. The van der Waals surface area contributed by atoms with Gasteiger partial charge < -0.3 is 15.4 Å². The van der Waals surface area contributed by atoms with Crippen molar-refractivity contribution in [2.75, 3.05) is 11.9 Å². The van der Waals surface area contributed by atoms with Gasteiger partial charge in [-0.3, -0.25) is 9.59 Å². The molecule has 0 aromatic heterocycles. The van der Waals surface area contributed by atoms with Crippen molar-refractivity contribution < 1.29 is 14.3 Å². The molecular weight excluding hydrogens is 304 g/mol. The number of anilines is 1. The molecule has 2 aromatic carbocycles. The summed E-state index contributed by atoms with van der Waals surface area (Å²) >= 11 is 0. The van der Waals surface area contributed by atoms with E-state index in [1.54, 1.807) is 12.1 Å². The van der Waals surface area contributed by atoms with E-state index < -0.39 is 0 Å². The first-order chi connectivity index (χ1) is 11.4. The quantitative estimate of drug-likeness (QED) is 0.857. The van der Waals surface area contributed by atoms with Gasteiger partial charge in [-0.15, -0.1) is 0 Å². The van der Waals surface area contributed by atoms with Gasteiger partial charge in [-0.2, -0.15) is 0 Å². The fraction of sp³-hybridized carbons (Fsp3) is 0.263. The Balaban J connectivity index is 1.79. The third-order valence-corrected chi connectivity index (χ3v) is 3.45. The van der Waals surface area contributed by atoms with Crippen LogP contribution in [0.25, 0.3) is 0 Å². The first-order valence-corrected chi connectivity index (χ1v) is 7.77. The molecule has 0 saturated heterocycles. The maximum atomic E-state index is 11.9. The summed E-state index contributed by atoms with van der Waals surface area (Å²) < 4.78 is 5.55. The van der Waals surface area contributed by atoms with Crippen LogP contribution >= 0.6 is 0 Å². The van der Waals surface area contributed by atoms with Crippen molar-refractivity contribution in [3.63, 3.8) is 0 Å². The lowest BCUT2D eigenvalue weighted by Gasteiger charge is -2.10. The molecule has 0 spiro atoms. The van der Waals surface area contributed by atoms with Gasteiger partial charge in [0.2, 0.25) is 5.91 Å². The van der Waals surface area contributed by atoms with E-state index in [9.17, 15) is 9.59 Å². The number of benzene rings is 2. The summed E-state index contributed by atoms with van der Waals surface area (Å²) in [7, 11) is 0. The van der Waals surface area contributed by atoms with E-state index in [0.29, 0.717) is 6.54 Å². The lowest BCUT2D eigenvalue weighted by Crippen LogP contribution is -2.28. The van der Waals surface area contributed by atoms with Crippen molar-refractivity contribution in [2.24, 2.45) is 0 Å². The number of rotatable bonds is 6. The Kier molecular flexibility index (Phi) is 5.95. The predicted molar refractivity (Wildman–Crippen MR) is 94.0 cm³/mol. The minimum absolute atomic E-state index is 0.0200. The largest absolute Gasteiger partial charge is 0.484 e. The normalized spacial score (nSPS) is 10.1. The summed E-state index contributed by atoms with van der Waals surface area (Å²) in [5.74, 6) is 0.427. The van der Waals surface area contributed by atoms with Crippen molar-refractivity contribution in [1.29, 1.82) is 0 Å². The van der Waals surface area contributed by atoms with Crippen LogP contribution in [0.2, 0.25) is 0 Å². The SMILES string of the molecule is CC(=O)Nc1ccc(CNC(=O)COc2ccc(C)cc2C)cc1. The molecule has 2 aromatic rings. The average Bonchev–Trinajstić information content (AvgIpc) is 2.53. The van der Waals surface area contributed by atoms with Gasteiger partial charge in [0.25, 0.3) is 5.91 Å². The van der Waals surface area contributed by atoms with Crippen molar-refractivity contribution in [3.8, 4) is 5.75 Å². The molecule has 0 aliphatic heterocycles. The second-order valence-corrected chi connectivity index (χ2v) is 5.71. The Bertz CT molecular complexity index is 724. The Hall–Kier alpha value is -2.82. The molecule has 0 aliphatic rings. The van der Waals surface area contributed by atoms with Gasteiger partial charge in [0.15, 0.2) is 6.61 Å². The zero-order chi connectivity index (χ0) is 17.5. The van der Waals surface area contributed by atoms with E-state index in [1.807, 2.05) is 44.2 Å². The molecule has 0 fully saturated rings. The zero-order valence-electron chi connectivity index (χ0n) is 14.2. The zero-order valence-corrected chi connectivity index (χ0v) is 14.2. The molecule has 2 N–H and O–H groups in total. The summed E-state index contributed by atoms with van der Waals surface area (Å²) in [5.41, 5.74) is 3.85. The van der Waals surface area contributed by atoms with Gasteiger partial charge in [0.1, 0.15) is 5.75 Å². The second kappa shape index (κ2) is 8.15. The van der Waals surface area contributed by atoms with Gasteiger partial charge >= 0.3 is 0 Å². The van der Waals surface area contributed by atoms with E-state index >= 15 is 0 Å². The number of nitrogens with one attached hydrogen (secondary N) is 2. The van der Waals surface area contributed by atoms with Crippen LogP contribution < -0.4 is 15.4 Å². The number of hydrogen-bond donors (Lipinski definition) is 2. The maximum Gasteiger partial charge on any atom is 0.258 e. The van der Waals surface area contributed by atoms with Gasteiger partial charge in [0, 0.05) is 19.2 Å². The lowest BCUT2D eigenvalue weighted by atomic mass is 10.1. The summed E-state index contributed by atoms with van der Waals surface area (Å²) in [6.07, 6.45) is 0. The third kappa shape index (κ3) is 5.43. The van der Waals surface area contributed by atoms with E-state index in [4.69, 9.17) is 4.74 Å². The molecule has 0 saturated carbocycles. The Morgan fingerprint density at radius 3 is 2.38 bits per heavy atom. The van der Waals surface area contributed by atoms with E-state index in [0.717, 1.165) is 28.1 Å². The molecule has 2 amide bonds.